The van der Waals surface area contributed by atoms with E-state index in [9.17, 15) is 4.79 Å². The molecule has 0 bridgehead atoms. The van der Waals surface area contributed by atoms with Crippen LogP contribution in [0, 0.1) is 6.92 Å². The van der Waals surface area contributed by atoms with Crippen molar-refractivity contribution < 1.29 is 4.79 Å². The summed E-state index contributed by atoms with van der Waals surface area (Å²) in [6, 6.07) is 8.69. The molecule has 1 amide bonds. The number of aromatic nitrogens is 1. The van der Waals surface area contributed by atoms with Crippen LogP contribution in [0.5, 0.6) is 0 Å². The standard InChI is InChI=1S/C18H23N3OS.ClH/c1-13-5-7-14(8-6-13)16-4-2-3-11-21(16)18(22)15-12-23-17(20-15)9-10-19;/h5-8,12,16H,2-4,9-11,19H2,1H3;1H. The zero-order valence-electron chi connectivity index (χ0n) is 13.9. The van der Waals surface area contributed by atoms with Crippen molar-refractivity contribution in [1.82, 2.24) is 9.88 Å². The Morgan fingerprint density at radius 1 is 1.33 bits per heavy atom. The van der Waals surface area contributed by atoms with Gasteiger partial charge in [0.2, 0.25) is 0 Å². The molecule has 0 spiro atoms. The van der Waals surface area contributed by atoms with Crippen molar-refractivity contribution in [2.75, 3.05) is 13.1 Å². The molecule has 0 saturated carbocycles. The zero-order chi connectivity index (χ0) is 16.2. The highest BCUT2D eigenvalue weighted by Crippen LogP contribution is 2.32. The van der Waals surface area contributed by atoms with Crippen molar-refractivity contribution in [2.45, 2.75) is 38.6 Å². The molecule has 1 aliphatic heterocycles. The van der Waals surface area contributed by atoms with E-state index in [0.717, 1.165) is 37.2 Å². The highest BCUT2D eigenvalue weighted by atomic mass is 35.5. The maximum atomic E-state index is 12.9. The van der Waals surface area contributed by atoms with E-state index in [2.05, 4.69) is 36.2 Å². The number of benzene rings is 1. The fraction of sp³-hybridized carbons (Fsp3) is 0.444. The SMILES string of the molecule is Cc1ccc(C2CCCCN2C(=O)c2csc(CCN)n2)cc1.Cl. The van der Waals surface area contributed by atoms with Gasteiger partial charge in [-0.05, 0) is 38.3 Å². The van der Waals surface area contributed by atoms with Crippen LogP contribution < -0.4 is 5.73 Å². The highest BCUT2D eigenvalue weighted by Gasteiger charge is 2.29. The van der Waals surface area contributed by atoms with E-state index < -0.39 is 0 Å². The fourth-order valence-electron chi connectivity index (χ4n) is 3.10. The van der Waals surface area contributed by atoms with E-state index in [1.165, 1.54) is 22.5 Å². The molecule has 0 aliphatic carbocycles. The lowest BCUT2D eigenvalue weighted by Gasteiger charge is -2.35. The third-order valence-corrected chi connectivity index (χ3v) is 5.26. The van der Waals surface area contributed by atoms with Gasteiger partial charge in [-0.25, -0.2) is 4.98 Å². The summed E-state index contributed by atoms with van der Waals surface area (Å²) >= 11 is 1.53. The molecule has 2 heterocycles. The number of aryl methyl sites for hydroxylation is 1. The predicted molar refractivity (Wildman–Crippen MR) is 101 cm³/mol. The molecule has 1 aliphatic rings. The quantitative estimate of drug-likeness (QED) is 0.897. The first kappa shape index (κ1) is 18.9. The van der Waals surface area contributed by atoms with E-state index in [1.54, 1.807) is 0 Å². The Kier molecular flexibility index (Phi) is 6.78. The largest absolute Gasteiger partial charge is 0.330 e. The first-order valence-electron chi connectivity index (χ1n) is 8.21. The highest BCUT2D eigenvalue weighted by molar-refractivity contribution is 7.09. The van der Waals surface area contributed by atoms with Gasteiger partial charge in [-0.15, -0.1) is 23.7 Å². The number of hydrogen-bond acceptors (Lipinski definition) is 4. The summed E-state index contributed by atoms with van der Waals surface area (Å²) in [5, 5.41) is 2.81. The molecule has 1 saturated heterocycles. The minimum Gasteiger partial charge on any atom is -0.330 e. The second-order valence-electron chi connectivity index (χ2n) is 6.09. The first-order valence-corrected chi connectivity index (χ1v) is 9.09. The molecule has 24 heavy (non-hydrogen) atoms. The summed E-state index contributed by atoms with van der Waals surface area (Å²) in [4.78, 5) is 19.4. The minimum atomic E-state index is 0. The van der Waals surface area contributed by atoms with Gasteiger partial charge in [0.1, 0.15) is 5.69 Å². The number of halogens is 1. The summed E-state index contributed by atoms with van der Waals surface area (Å²) < 4.78 is 0. The summed E-state index contributed by atoms with van der Waals surface area (Å²) in [5.74, 6) is 0.0507. The van der Waals surface area contributed by atoms with Gasteiger partial charge < -0.3 is 10.6 Å². The lowest BCUT2D eigenvalue weighted by molar-refractivity contribution is 0.0606. The molecular formula is C18H24ClN3OS. The third-order valence-electron chi connectivity index (χ3n) is 4.35. The van der Waals surface area contributed by atoms with Gasteiger partial charge in [-0.3, -0.25) is 4.79 Å². The van der Waals surface area contributed by atoms with Crippen molar-refractivity contribution >= 4 is 29.7 Å². The molecule has 2 aromatic rings. The number of nitrogens with two attached hydrogens (primary N) is 1. The van der Waals surface area contributed by atoms with Gasteiger partial charge in [-0.2, -0.15) is 0 Å². The average Bonchev–Trinajstić information content (AvgIpc) is 3.04. The van der Waals surface area contributed by atoms with Gasteiger partial charge in [0, 0.05) is 18.3 Å². The number of rotatable bonds is 4. The molecule has 6 heteroatoms. The number of hydrogen-bond donors (Lipinski definition) is 1. The maximum Gasteiger partial charge on any atom is 0.273 e. The van der Waals surface area contributed by atoms with E-state index in [1.807, 2.05) is 10.3 Å². The molecule has 1 aromatic carbocycles. The van der Waals surface area contributed by atoms with Crippen LogP contribution >= 0.6 is 23.7 Å². The van der Waals surface area contributed by atoms with Crippen molar-refractivity contribution in [2.24, 2.45) is 5.73 Å². The molecule has 130 valence electrons. The van der Waals surface area contributed by atoms with Gasteiger partial charge in [0.25, 0.3) is 5.91 Å². The van der Waals surface area contributed by atoms with E-state index >= 15 is 0 Å². The van der Waals surface area contributed by atoms with Crippen molar-refractivity contribution in [3.8, 4) is 0 Å². The Morgan fingerprint density at radius 3 is 2.79 bits per heavy atom. The van der Waals surface area contributed by atoms with Gasteiger partial charge >= 0.3 is 0 Å². The molecule has 1 fully saturated rings. The normalized spacial score (nSPS) is 17.4. The first-order chi connectivity index (χ1) is 11.2. The van der Waals surface area contributed by atoms with Crippen LogP contribution in [0.3, 0.4) is 0 Å². The molecule has 1 aromatic heterocycles. The maximum absolute atomic E-state index is 12.9. The van der Waals surface area contributed by atoms with Crippen LogP contribution in [0.2, 0.25) is 0 Å². The predicted octanol–water partition coefficient (Wildman–Crippen LogP) is 3.74. The van der Waals surface area contributed by atoms with Crippen molar-refractivity contribution in [1.29, 1.82) is 0 Å². The summed E-state index contributed by atoms with van der Waals surface area (Å²) in [5.41, 5.74) is 8.60. The molecular weight excluding hydrogens is 342 g/mol. The van der Waals surface area contributed by atoms with Crippen molar-refractivity contribution in [3.05, 3.63) is 51.5 Å². The lowest BCUT2D eigenvalue weighted by Crippen LogP contribution is -2.38. The second-order valence-corrected chi connectivity index (χ2v) is 7.03. The van der Waals surface area contributed by atoms with Crippen LogP contribution in [-0.2, 0) is 6.42 Å². The molecule has 4 nitrogen and oxygen atoms in total. The van der Waals surface area contributed by atoms with Crippen LogP contribution in [0.4, 0.5) is 0 Å². The average molecular weight is 366 g/mol. The number of amides is 1. The zero-order valence-corrected chi connectivity index (χ0v) is 15.5. The number of piperidine rings is 1. The molecule has 2 N–H and O–H groups in total. The van der Waals surface area contributed by atoms with E-state index in [-0.39, 0.29) is 24.4 Å². The van der Waals surface area contributed by atoms with Crippen LogP contribution in [0.25, 0.3) is 0 Å². The Morgan fingerprint density at radius 2 is 2.08 bits per heavy atom. The van der Waals surface area contributed by atoms with E-state index in [0.29, 0.717) is 12.2 Å². The summed E-state index contributed by atoms with van der Waals surface area (Å²) in [6.07, 6.45) is 3.99. The van der Waals surface area contributed by atoms with E-state index in [4.69, 9.17) is 5.73 Å². The lowest BCUT2D eigenvalue weighted by atomic mass is 9.94. The molecule has 3 rings (SSSR count). The number of nitrogens with zero attached hydrogens (tertiary/aromatic N) is 2. The molecule has 1 unspecified atom stereocenters. The minimum absolute atomic E-state index is 0. The smallest absolute Gasteiger partial charge is 0.273 e. The van der Waals surface area contributed by atoms with Gasteiger partial charge in [0.05, 0.1) is 11.0 Å². The third kappa shape index (κ3) is 4.15. The topological polar surface area (TPSA) is 59.2 Å². The van der Waals surface area contributed by atoms with Crippen LogP contribution in [0.1, 0.15) is 51.9 Å². The number of carbonyl (C=O) groups excluding carboxylic acids is 1. The summed E-state index contributed by atoms with van der Waals surface area (Å²) in [7, 11) is 0. The Labute approximate surface area is 153 Å². The molecule has 1 atom stereocenters. The van der Waals surface area contributed by atoms with Crippen LogP contribution in [-0.4, -0.2) is 28.9 Å². The second kappa shape index (κ2) is 8.60. The number of carbonyl (C=O) groups is 1. The Hall–Kier alpha value is -1.43. The van der Waals surface area contributed by atoms with Gasteiger partial charge in [0.15, 0.2) is 0 Å². The monoisotopic (exact) mass is 365 g/mol. The van der Waals surface area contributed by atoms with Crippen molar-refractivity contribution in [3.63, 3.8) is 0 Å². The Bertz CT molecular complexity index is 671. The van der Waals surface area contributed by atoms with Crippen LogP contribution in [0.15, 0.2) is 29.6 Å². The summed E-state index contributed by atoms with van der Waals surface area (Å²) in [6.45, 7) is 3.46. The van der Waals surface area contributed by atoms with Gasteiger partial charge in [-0.1, -0.05) is 29.8 Å². The fourth-order valence-corrected chi connectivity index (χ4v) is 3.89. The molecule has 0 radical (unpaired) electrons. The Balaban J connectivity index is 0.00000208. The number of thiazole rings is 1. The number of likely N-dealkylation sites (tertiary alicyclic amines) is 1.